The lowest BCUT2D eigenvalue weighted by Gasteiger charge is -2.01. The number of aromatic nitrogens is 4. The van der Waals surface area contributed by atoms with Crippen LogP contribution in [0.1, 0.15) is 30.7 Å². The van der Waals surface area contributed by atoms with Crippen LogP contribution in [0.25, 0.3) is 0 Å². The molecule has 0 aliphatic carbocycles. The van der Waals surface area contributed by atoms with E-state index in [4.69, 9.17) is 10.3 Å². The van der Waals surface area contributed by atoms with Crippen molar-refractivity contribution < 1.29 is 9.32 Å². The molecule has 2 aromatic heterocycles. The highest BCUT2D eigenvalue weighted by atomic mass is 16.5. The Morgan fingerprint density at radius 3 is 3.05 bits per heavy atom. The lowest BCUT2D eigenvalue weighted by Crippen LogP contribution is -2.14. The van der Waals surface area contributed by atoms with Gasteiger partial charge in [-0.2, -0.15) is 0 Å². The van der Waals surface area contributed by atoms with Crippen LogP contribution in [-0.4, -0.2) is 32.6 Å². The topological polar surface area (TPSA) is 112 Å². The van der Waals surface area contributed by atoms with Crippen LogP contribution in [0.15, 0.2) is 16.8 Å². The van der Waals surface area contributed by atoms with Crippen LogP contribution in [0.5, 0.6) is 0 Å². The highest BCUT2D eigenvalue weighted by Crippen LogP contribution is 2.07. The van der Waals surface area contributed by atoms with E-state index in [2.05, 4.69) is 20.8 Å². The molecule has 2 heterocycles. The van der Waals surface area contributed by atoms with E-state index in [1.54, 1.807) is 17.7 Å². The van der Waals surface area contributed by atoms with Crippen molar-refractivity contribution in [2.45, 2.75) is 39.2 Å². The highest BCUT2D eigenvalue weighted by molar-refractivity contribution is 5.89. The average Bonchev–Trinajstić information content (AvgIpc) is 3.06. The minimum atomic E-state index is -0.136. The minimum absolute atomic E-state index is 0.136. The molecule has 8 nitrogen and oxygen atoms in total. The molecule has 0 aliphatic rings. The van der Waals surface area contributed by atoms with Gasteiger partial charge in [-0.15, -0.1) is 5.10 Å². The standard InChI is InChI=1S/C13H20N6O2/c1-10-8-12(17-21-10)15-13(20)5-7-19-9-11(16-18-19)4-2-3-6-14/h8-9H,2-7,14H2,1H3,(H,15,17,20). The molecular formula is C13H20N6O2. The van der Waals surface area contributed by atoms with Gasteiger partial charge in [0, 0.05) is 18.7 Å². The van der Waals surface area contributed by atoms with Gasteiger partial charge >= 0.3 is 0 Å². The molecule has 1 amide bonds. The van der Waals surface area contributed by atoms with Crippen LogP contribution in [0.4, 0.5) is 5.82 Å². The Bertz CT molecular complexity index is 577. The Balaban J connectivity index is 1.73. The van der Waals surface area contributed by atoms with Gasteiger partial charge in [0.15, 0.2) is 5.82 Å². The first-order chi connectivity index (χ1) is 10.2. The lowest BCUT2D eigenvalue weighted by atomic mass is 10.2. The molecule has 0 atom stereocenters. The summed E-state index contributed by atoms with van der Waals surface area (Å²) in [7, 11) is 0. The van der Waals surface area contributed by atoms with Crippen molar-refractivity contribution in [3.63, 3.8) is 0 Å². The molecule has 0 saturated heterocycles. The summed E-state index contributed by atoms with van der Waals surface area (Å²) in [6, 6.07) is 1.67. The fourth-order valence-electron chi connectivity index (χ4n) is 1.86. The summed E-state index contributed by atoms with van der Waals surface area (Å²) >= 11 is 0. The molecule has 3 N–H and O–H groups in total. The van der Waals surface area contributed by atoms with Gasteiger partial charge in [-0.1, -0.05) is 10.4 Å². The molecule has 8 heteroatoms. The van der Waals surface area contributed by atoms with Gasteiger partial charge in [0.05, 0.1) is 12.2 Å². The number of carbonyl (C=O) groups is 1. The van der Waals surface area contributed by atoms with Gasteiger partial charge in [0.2, 0.25) is 5.91 Å². The number of nitrogens with two attached hydrogens (primary N) is 1. The Hall–Kier alpha value is -2.22. The van der Waals surface area contributed by atoms with Crippen LogP contribution in [0.2, 0.25) is 0 Å². The van der Waals surface area contributed by atoms with E-state index >= 15 is 0 Å². The van der Waals surface area contributed by atoms with Crippen molar-refractivity contribution >= 4 is 11.7 Å². The largest absolute Gasteiger partial charge is 0.360 e. The number of rotatable bonds is 8. The Labute approximate surface area is 122 Å². The maximum absolute atomic E-state index is 11.7. The summed E-state index contributed by atoms with van der Waals surface area (Å²) in [4.78, 5) is 11.7. The summed E-state index contributed by atoms with van der Waals surface area (Å²) in [6.07, 6.45) is 5.01. The summed E-state index contributed by atoms with van der Waals surface area (Å²) in [5.41, 5.74) is 6.37. The Morgan fingerprint density at radius 1 is 1.48 bits per heavy atom. The molecule has 0 bridgehead atoms. The molecule has 0 aromatic carbocycles. The number of carbonyl (C=O) groups excluding carboxylic acids is 1. The van der Waals surface area contributed by atoms with Crippen molar-refractivity contribution in [2.24, 2.45) is 5.73 Å². The molecular weight excluding hydrogens is 272 g/mol. The van der Waals surface area contributed by atoms with Crippen molar-refractivity contribution in [2.75, 3.05) is 11.9 Å². The zero-order chi connectivity index (χ0) is 15.1. The summed E-state index contributed by atoms with van der Waals surface area (Å²) in [5, 5.41) is 14.4. The summed E-state index contributed by atoms with van der Waals surface area (Å²) in [5.74, 6) is 0.950. The number of unbranched alkanes of at least 4 members (excludes halogenated alkanes) is 1. The molecule has 21 heavy (non-hydrogen) atoms. The number of aryl methyl sites for hydroxylation is 3. The number of nitrogens with one attached hydrogen (secondary N) is 1. The zero-order valence-electron chi connectivity index (χ0n) is 12.1. The van der Waals surface area contributed by atoms with Crippen LogP contribution in [-0.2, 0) is 17.8 Å². The second kappa shape index (κ2) is 7.53. The number of hydrogen-bond acceptors (Lipinski definition) is 6. The third kappa shape index (κ3) is 4.99. The second-order valence-electron chi connectivity index (χ2n) is 4.84. The fourth-order valence-corrected chi connectivity index (χ4v) is 1.86. The molecule has 0 radical (unpaired) electrons. The van der Waals surface area contributed by atoms with Crippen LogP contribution >= 0.6 is 0 Å². The molecule has 0 unspecified atom stereocenters. The van der Waals surface area contributed by atoms with Gasteiger partial charge < -0.3 is 15.6 Å². The van der Waals surface area contributed by atoms with Crippen molar-refractivity contribution in [1.29, 1.82) is 0 Å². The van der Waals surface area contributed by atoms with Crippen molar-refractivity contribution in [1.82, 2.24) is 20.2 Å². The molecule has 0 fully saturated rings. The van der Waals surface area contributed by atoms with Gasteiger partial charge in [0.1, 0.15) is 5.76 Å². The fraction of sp³-hybridized carbons (Fsp3) is 0.538. The normalized spacial score (nSPS) is 10.8. The molecule has 0 aliphatic heterocycles. The van der Waals surface area contributed by atoms with E-state index in [1.807, 2.05) is 6.20 Å². The molecule has 2 aromatic rings. The first-order valence-corrected chi connectivity index (χ1v) is 6.99. The van der Waals surface area contributed by atoms with E-state index < -0.39 is 0 Å². The van der Waals surface area contributed by atoms with Crippen LogP contribution < -0.4 is 11.1 Å². The monoisotopic (exact) mass is 292 g/mol. The molecule has 2 rings (SSSR count). The van der Waals surface area contributed by atoms with Gasteiger partial charge in [0.25, 0.3) is 0 Å². The number of anilines is 1. The average molecular weight is 292 g/mol. The number of hydrogen-bond donors (Lipinski definition) is 2. The van der Waals surface area contributed by atoms with Gasteiger partial charge in [-0.25, -0.2) is 0 Å². The van der Waals surface area contributed by atoms with E-state index in [-0.39, 0.29) is 5.91 Å². The van der Waals surface area contributed by atoms with Crippen molar-refractivity contribution in [3.05, 3.63) is 23.7 Å². The minimum Gasteiger partial charge on any atom is -0.360 e. The third-order valence-electron chi connectivity index (χ3n) is 2.94. The predicted octanol–water partition coefficient (Wildman–Crippen LogP) is 0.885. The Morgan fingerprint density at radius 2 is 2.33 bits per heavy atom. The van der Waals surface area contributed by atoms with E-state index in [0.717, 1.165) is 25.0 Å². The number of amides is 1. The maximum atomic E-state index is 11.7. The first-order valence-electron chi connectivity index (χ1n) is 6.99. The predicted molar refractivity (Wildman–Crippen MR) is 76.5 cm³/mol. The Kier molecular flexibility index (Phi) is 5.44. The smallest absolute Gasteiger partial charge is 0.227 e. The zero-order valence-corrected chi connectivity index (χ0v) is 12.1. The molecule has 0 saturated carbocycles. The third-order valence-corrected chi connectivity index (χ3v) is 2.94. The maximum Gasteiger partial charge on any atom is 0.227 e. The van der Waals surface area contributed by atoms with Crippen LogP contribution in [0.3, 0.4) is 0 Å². The van der Waals surface area contributed by atoms with Gasteiger partial charge in [-0.3, -0.25) is 9.48 Å². The van der Waals surface area contributed by atoms with Gasteiger partial charge in [-0.05, 0) is 32.7 Å². The first kappa shape index (κ1) is 15.2. The lowest BCUT2D eigenvalue weighted by molar-refractivity contribution is -0.116. The molecule has 0 spiro atoms. The van der Waals surface area contributed by atoms with E-state index in [1.165, 1.54) is 0 Å². The van der Waals surface area contributed by atoms with Crippen molar-refractivity contribution in [3.8, 4) is 0 Å². The molecule has 114 valence electrons. The SMILES string of the molecule is Cc1cc(NC(=O)CCn2cc(CCCCN)nn2)no1. The summed E-state index contributed by atoms with van der Waals surface area (Å²) < 4.78 is 6.55. The van der Waals surface area contributed by atoms with Crippen LogP contribution in [0, 0.1) is 6.92 Å². The number of nitrogens with zero attached hydrogens (tertiary/aromatic N) is 4. The highest BCUT2D eigenvalue weighted by Gasteiger charge is 2.07. The van der Waals surface area contributed by atoms with E-state index in [0.29, 0.717) is 31.1 Å². The quantitative estimate of drug-likeness (QED) is 0.699. The summed E-state index contributed by atoms with van der Waals surface area (Å²) in [6.45, 7) is 2.94. The second-order valence-corrected chi connectivity index (χ2v) is 4.84. The van der Waals surface area contributed by atoms with E-state index in [9.17, 15) is 4.79 Å².